The molecule has 42 heavy (non-hydrogen) atoms. The Morgan fingerprint density at radius 3 is 2.26 bits per heavy atom. The molecule has 5 nitrogen and oxygen atoms in total. The van der Waals surface area contributed by atoms with Gasteiger partial charge in [-0.25, -0.2) is 0 Å². The summed E-state index contributed by atoms with van der Waals surface area (Å²) in [5, 5.41) is 11.7. The smallest absolute Gasteiger partial charge is 0.162 e. The van der Waals surface area contributed by atoms with Gasteiger partial charge in [0.05, 0.1) is 24.4 Å². The van der Waals surface area contributed by atoms with E-state index in [9.17, 15) is 14.7 Å². The molecule has 4 aliphatic rings. The van der Waals surface area contributed by atoms with E-state index in [2.05, 4.69) is 67.5 Å². The summed E-state index contributed by atoms with van der Waals surface area (Å²) in [6.45, 7) is 18.2. The van der Waals surface area contributed by atoms with Gasteiger partial charge < -0.3 is 14.6 Å². The minimum Gasteiger partial charge on any atom is -0.385 e. The van der Waals surface area contributed by atoms with Gasteiger partial charge in [0.25, 0.3) is 0 Å². The molecule has 1 unspecified atom stereocenters. The molecule has 4 fully saturated rings. The fourth-order valence-corrected chi connectivity index (χ4v) is 9.48. The van der Waals surface area contributed by atoms with Crippen LogP contribution in [-0.2, 0) is 25.7 Å². The second-order valence-electron chi connectivity index (χ2n) is 16.5. The molecule has 0 spiro atoms. The summed E-state index contributed by atoms with van der Waals surface area (Å²) >= 11 is 0. The molecule has 3 aliphatic carbocycles. The van der Waals surface area contributed by atoms with Crippen LogP contribution < -0.4 is 0 Å². The number of aliphatic hydroxyl groups is 1. The zero-order chi connectivity index (χ0) is 30.7. The number of ether oxygens (including phenoxy) is 2. The van der Waals surface area contributed by atoms with Crippen molar-refractivity contribution in [2.75, 3.05) is 0 Å². The highest BCUT2D eigenvalue weighted by Gasteiger charge is 2.61. The molecule has 234 valence electrons. The molecule has 1 aromatic rings. The predicted molar refractivity (Wildman–Crippen MR) is 166 cm³/mol. The number of Topliss-reactive ketones (excluding diaryl/α,β-unsaturated/α-hetero) is 2. The van der Waals surface area contributed by atoms with Crippen molar-refractivity contribution in [2.24, 2.45) is 39.4 Å². The van der Waals surface area contributed by atoms with Crippen molar-refractivity contribution >= 4 is 11.6 Å². The van der Waals surface area contributed by atoms with Crippen LogP contribution in [0.5, 0.6) is 0 Å². The van der Waals surface area contributed by atoms with Crippen LogP contribution in [0.15, 0.2) is 30.3 Å². The van der Waals surface area contributed by atoms with E-state index in [4.69, 9.17) is 9.47 Å². The third-order valence-electron chi connectivity index (χ3n) is 13.2. The first kappa shape index (κ1) is 31.9. The average Bonchev–Trinajstić information content (AvgIpc) is 3.58. The fourth-order valence-electron chi connectivity index (χ4n) is 9.48. The Morgan fingerprint density at radius 1 is 0.952 bits per heavy atom. The minimum absolute atomic E-state index is 0.0615. The molecular formula is C37H56O5. The molecule has 9 atom stereocenters. The van der Waals surface area contributed by atoms with Crippen molar-refractivity contribution in [3.8, 4) is 0 Å². The number of benzene rings is 1. The molecule has 1 N–H and O–H groups in total. The molecule has 1 aromatic carbocycles. The molecule has 5 heteroatoms. The van der Waals surface area contributed by atoms with Crippen LogP contribution in [0, 0.1) is 39.4 Å². The van der Waals surface area contributed by atoms with Crippen molar-refractivity contribution in [1.29, 1.82) is 0 Å². The monoisotopic (exact) mass is 580 g/mol. The molecule has 0 radical (unpaired) electrons. The van der Waals surface area contributed by atoms with Crippen LogP contribution in [0.4, 0.5) is 0 Å². The highest BCUT2D eigenvalue weighted by atomic mass is 16.6. The normalized spacial score (nSPS) is 42.0. The van der Waals surface area contributed by atoms with Gasteiger partial charge in [0.15, 0.2) is 5.78 Å². The molecule has 1 saturated heterocycles. The number of epoxide rings is 1. The van der Waals surface area contributed by atoms with Crippen molar-refractivity contribution < 1.29 is 24.2 Å². The van der Waals surface area contributed by atoms with Crippen LogP contribution in [0.25, 0.3) is 0 Å². The average molecular weight is 581 g/mol. The highest BCUT2D eigenvalue weighted by Crippen LogP contribution is 2.63. The summed E-state index contributed by atoms with van der Waals surface area (Å²) in [7, 11) is 0. The lowest BCUT2D eigenvalue weighted by Gasteiger charge is -2.56. The Morgan fingerprint density at radius 2 is 1.62 bits per heavy atom. The Labute approximate surface area is 254 Å². The van der Waals surface area contributed by atoms with Gasteiger partial charge in [-0.1, -0.05) is 71.9 Å². The van der Waals surface area contributed by atoms with E-state index >= 15 is 0 Å². The van der Waals surface area contributed by atoms with Crippen LogP contribution >= 0.6 is 0 Å². The van der Waals surface area contributed by atoms with Gasteiger partial charge in [0.2, 0.25) is 0 Å². The quantitative estimate of drug-likeness (QED) is 0.334. The Hall–Kier alpha value is -1.56. The number of carbonyl (C=O) groups excluding carboxylic acids is 2. The molecule has 5 rings (SSSR count). The standard InChI is InChI=1S/C37H56O5/c1-24(14-15-30-34(4,5)42-30)36(7)21-20-35(6)18-16-28-33(2,3)29(41-23-25-12-10-9-11-13-25)17-19-37(28,8)26(31(35)39)22-27(38)32(36)40/h9-13,24,26,28-30,32,40H,14-23H2,1-8H3/t24-,26-,28+,29-,30?,32-,35-,36+,37-/m1/s1. The zero-order valence-corrected chi connectivity index (χ0v) is 27.5. The second-order valence-corrected chi connectivity index (χ2v) is 16.5. The van der Waals surface area contributed by atoms with E-state index < -0.39 is 16.9 Å². The summed E-state index contributed by atoms with van der Waals surface area (Å²) in [6.07, 6.45) is 6.20. The maximum Gasteiger partial charge on any atom is 0.162 e. The number of fused-ring (bicyclic) bond motifs is 4. The number of carbonyl (C=O) groups is 2. The number of aliphatic hydroxyl groups excluding tert-OH is 1. The Balaban J connectivity index is 1.39. The highest BCUT2D eigenvalue weighted by molar-refractivity contribution is 5.94. The summed E-state index contributed by atoms with van der Waals surface area (Å²) in [5.41, 5.74) is -0.382. The lowest BCUT2D eigenvalue weighted by atomic mass is 9.50. The van der Waals surface area contributed by atoms with E-state index in [1.165, 1.54) is 5.56 Å². The van der Waals surface area contributed by atoms with Gasteiger partial charge in [0, 0.05) is 23.2 Å². The Kier molecular flexibility index (Phi) is 8.42. The molecule has 3 saturated carbocycles. The van der Waals surface area contributed by atoms with Crippen molar-refractivity contribution in [2.45, 2.75) is 144 Å². The van der Waals surface area contributed by atoms with Crippen LogP contribution in [-0.4, -0.2) is 40.6 Å². The van der Waals surface area contributed by atoms with Crippen LogP contribution in [0.1, 0.15) is 119 Å². The van der Waals surface area contributed by atoms with Gasteiger partial charge >= 0.3 is 0 Å². The second kappa shape index (κ2) is 11.1. The maximum atomic E-state index is 14.6. The summed E-state index contributed by atoms with van der Waals surface area (Å²) in [5.74, 6) is 0.154. The third kappa shape index (κ3) is 5.56. The lowest BCUT2D eigenvalue weighted by Crippen LogP contribution is -2.54. The molecule has 1 heterocycles. The van der Waals surface area contributed by atoms with E-state index in [1.807, 2.05) is 18.2 Å². The fraction of sp³-hybridized carbons (Fsp3) is 0.784. The minimum atomic E-state index is -1.06. The van der Waals surface area contributed by atoms with Crippen molar-refractivity contribution in [3.05, 3.63) is 35.9 Å². The largest absolute Gasteiger partial charge is 0.385 e. The number of ketones is 2. The summed E-state index contributed by atoms with van der Waals surface area (Å²) in [6, 6.07) is 10.3. The van der Waals surface area contributed by atoms with E-state index in [-0.39, 0.29) is 64.4 Å². The lowest BCUT2D eigenvalue weighted by molar-refractivity contribution is -0.160. The Bertz CT molecular complexity index is 1160. The van der Waals surface area contributed by atoms with E-state index in [0.717, 1.165) is 44.9 Å². The first-order valence-electron chi connectivity index (χ1n) is 16.6. The number of hydrogen-bond donors (Lipinski definition) is 1. The van der Waals surface area contributed by atoms with Crippen molar-refractivity contribution in [1.82, 2.24) is 0 Å². The molecule has 2 bridgehead atoms. The SMILES string of the molecule is C[C@H](CCC1OC1(C)C)[C@]1(C)CC[C@@]2(C)CC[C@H]3C(C)(C)[C@H](OCc4ccccc4)CC[C@]3(C)[C@H](CC(=O)[C@H]1O)C2=O. The molecular weight excluding hydrogens is 524 g/mol. The molecule has 1 aliphatic heterocycles. The van der Waals surface area contributed by atoms with Crippen molar-refractivity contribution in [3.63, 3.8) is 0 Å². The molecule has 0 amide bonds. The van der Waals surface area contributed by atoms with Gasteiger partial charge in [-0.05, 0) is 93.4 Å². The molecule has 0 aromatic heterocycles. The topological polar surface area (TPSA) is 76.1 Å². The van der Waals surface area contributed by atoms with E-state index in [1.54, 1.807) is 0 Å². The van der Waals surface area contributed by atoms with Gasteiger partial charge in [-0.3, -0.25) is 9.59 Å². The first-order valence-corrected chi connectivity index (χ1v) is 16.6. The number of hydrogen-bond acceptors (Lipinski definition) is 5. The van der Waals surface area contributed by atoms with Crippen LogP contribution in [0.3, 0.4) is 0 Å². The number of rotatable bonds is 7. The van der Waals surface area contributed by atoms with Gasteiger partial charge in [-0.15, -0.1) is 0 Å². The van der Waals surface area contributed by atoms with E-state index in [0.29, 0.717) is 13.0 Å². The third-order valence-corrected chi connectivity index (χ3v) is 13.2. The predicted octanol–water partition coefficient (Wildman–Crippen LogP) is 7.71. The first-order chi connectivity index (χ1) is 19.5. The maximum absolute atomic E-state index is 14.6. The van der Waals surface area contributed by atoms with Crippen LogP contribution in [0.2, 0.25) is 0 Å². The zero-order valence-electron chi connectivity index (χ0n) is 27.5. The van der Waals surface area contributed by atoms with Gasteiger partial charge in [0.1, 0.15) is 11.9 Å². The van der Waals surface area contributed by atoms with Gasteiger partial charge in [-0.2, -0.15) is 0 Å². The summed E-state index contributed by atoms with van der Waals surface area (Å²) in [4.78, 5) is 28.6. The summed E-state index contributed by atoms with van der Waals surface area (Å²) < 4.78 is 12.4.